The lowest BCUT2D eigenvalue weighted by atomic mass is 9.78. The van der Waals surface area contributed by atoms with E-state index in [0.29, 0.717) is 13.0 Å². The summed E-state index contributed by atoms with van der Waals surface area (Å²) in [5, 5.41) is 2.65. The van der Waals surface area contributed by atoms with Crippen molar-refractivity contribution in [2.24, 2.45) is 0 Å². The summed E-state index contributed by atoms with van der Waals surface area (Å²) in [5.41, 5.74) is 1.33. The summed E-state index contributed by atoms with van der Waals surface area (Å²) in [6.07, 6.45) is 0.696. The fourth-order valence-corrected chi connectivity index (χ4v) is 1.99. The first kappa shape index (κ1) is 14.1. The molecule has 0 aromatic heterocycles. The second-order valence-electron chi connectivity index (χ2n) is 5.83. The average Bonchev–Trinajstić information content (AvgIpc) is 2.56. The van der Waals surface area contributed by atoms with Gasteiger partial charge in [0.05, 0.1) is 11.2 Å². The molecule has 0 radical (unpaired) electrons. The lowest BCUT2D eigenvalue weighted by molar-refractivity contribution is -0.109. The third-order valence-electron chi connectivity index (χ3n) is 3.87. The predicted octanol–water partition coefficient (Wildman–Crippen LogP) is 1.23. The summed E-state index contributed by atoms with van der Waals surface area (Å²) in [5.74, 6) is 0. The highest BCUT2D eigenvalue weighted by atomic mass is 16.7. The maximum absolute atomic E-state index is 10.3. The SMILES string of the molecule is CC1(C)OB(c2cccc(CNC=O)c2)OC1(C)C. The molecule has 1 heterocycles. The fraction of sp³-hybridized carbons (Fsp3) is 0.500. The molecule has 1 saturated heterocycles. The number of benzene rings is 1. The third-order valence-corrected chi connectivity index (χ3v) is 3.87. The van der Waals surface area contributed by atoms with Crippen LogP contribution in [0, 0.1) is 0 Å². The molecule has 1 aromatic rings. The van der Waals surface area contributed by atoms with Crippen molar-refractivity contribution in [3.63, 3.8) is 0 Å². The van der Waals surface area contributed by atoms with Gasteiger partial charge in [-0.2, -0.15) is 0 Å². The summed E-state index contributed by atoms with van der Waals surface area (Å²) < 4.78 is 12.0. The normalized spacial score (nSPS) is 20.3. The molecule has 0 aliphatic carbocycles. The summed E-state index contributed by atoms with van der Waals surface area (Å²) in [6, 6.07) is 7.89. The minimum atomic E-state index is -0.360. The highest BCUT2D eigenvalue weighted by Crippen LogP contribution is 2.36. The van der Waals surface area contributed by atoms with E-state index in [0.717, 1.165) is 11.0 Å². The van der Waals surface area contributed by atoms with Gasteiger partial charge in [-0.3, -0.25) is 4.79 Å². The quantitative estimate of drug-likeness (QED) is 0.655. The largest absolute Gasteiger partial charge is 0.494 e. The summed E-state index contributed by atoms with van der Waals surface area (Å²) in [6.45, 7) is 8.64. The van der Waals surface area contributed by atoms with E-state index in [2.05, 4.69) is 5.32 Å². The van der Waals surface area contributed by atoms with E-state index in [1.165, 1.54) is 0 Å². The monoisotopic (exact) mass is 261 g/mol. The summed E-state index contributed by atoms with van der Waals surface area (Å²) >= 11 is 0. The molecular weight excluding hydrogens is 241 g/mol. The summed E-state index contributed by atoms with van der Waals surface area (Å²) in [7, 11) is -0.360. The standard InChI is InChI=1S/C14H20BNO3/c1-13(2)14(3,4)19-15(18-13)12-7-5-6-11(8-12)9-16-10-17/h5-8,10H,9H2,1-4H3,(H,16,17). The van der Waals surface area contributed by atoms with Crippen molar-refractivity contribution in [1.29, 1.82) is 0 Å². The zero-order valence-electron chi connectivity index (χ0n) is 11.9. The number of hydrogen-bond acceptors (Lipinski definition) is 3. The molecule has 1 aromatic carbocycles. The zero-order chi connectivity index (χ0) is 14.1. The molecule has 1 N–H and O–H groups in total. The van der Waals surface area contributed by atoms with Crippen LogP contribution in [-0.4, -0.2) is 24.7 Å². The Morgan fingerprint density at radius 3 is 2.42 bits per heavy atom. The number of amides is 1. The molecule has 0 atom stereocenters. The number of nitrogens with one attached hydrogen (secondary N) is 1. The summed E-state index contributed by atoms with van der Waals surface area (Å²) in [4.78, 5) is 10.3. The maximum Gasteiger partial charge on any atom is 0.494 e. The van der Waals surface area contributed by atoms with E-state index in [4.69, 9.17) is 9.31 Å². The van der Waals surface area contributed by atoms with Crippen LogP contribution in [0.3, 0.4) is 0 Å². The Morgan fingerprint density at radius 1 is 1.21 bits per heavy atom. The Balaban J connectivity index is 2.17. The molecule has 4 nitrogen and oxygen atoms in total. The molecule has 0 saturated carbocycles. The van der Waals surface area contributed by atoms with Gasteiger partial charge in [-0.1, -0.05) is 24.3 Å². The Bertz CT molecular complexity index is 458. The van der Waals surface area contributed by atoms with Crippen molar-refractivity contribution in [3.8, 4) is 0 Å². The molecule has 1 aliphatic heterocycles. The molecule has 0 bridgehead atoms. The van der Waals surface area contributed by atoms with Crippen molar-refractivity contribution < 1.29 is 14.1 Å². The van der Waals surface area contributed by atoms with Crippen LogP contribution in [0.5, 0.6) is 0 Å². The first-order valence-corrected chi connectivity index (χ1v) is 6.47. The number of hydrogen-bond donors (Lipinski definition) is 1. The van der Waals surface area contributed by atoms with Crippen LogP contribution in [0.4, 0.5) is 0 Å². The van der Waals surface area contributed by atoms with E-state index < -0.39 is 0 Å². The van der Waals surface area contributed by atoms with Crippen molar-refractivity contribution in [1.82, 2.24) is 5.32 Å². The predicted molar refractivity (Wildman–Crippen MR) is 75.1 cm³/mol. The van der Waals surface area contributed by atoms with Gasteiger partial charge in [0.15, 0.2) is 0 Å². The van der Waals surface area contributed by atoms with Crippen LogP contribution >= 0.6 is 0 Å². The molecule has 102 valence electrons. The molecule has 1 aliphatic rings. The van der Waals surface area contributed by atoms with Gasteiger partial charge >= 0.3 is 7.12 Å². The molecule has 1 fully saturated rings. The first-order valence-electron chi connectivity index (χ1n) is 6.47. The van der Waals surface area contributed by atoms with Crippen LogP contribution < -0.4 is 10.8 Å². The lowest BCUT2D eigenvalue weighted by Gasteiger charge is -2.32. The fourth-order valence-electron chi connectivity index (χ4n) is 1.99. The van der Waals surface area contributed by atoms with Gasteiger partial charge in [0.2, 0.25) is 6.41 Å². The Hall–Kier alpha value is -1.33. The molecule has 0 unspecified atom stereocenters. The maximum atomic E-state index is 10.3. The smallest absolute Gasteiger partial charge is 0.399 e. The van der Waals surface area contributed by atoms with E-state index in [-0.39, 0.29) is 18.3 Å². The highest BCUT2D eigenvalue weighted by molar-refractivity contribution is 6.62. The van der Waals surface area contributed by atoms with E-state index in [1.807, 2.05) is 52.0 Å². The number of carbonyl (C=O) groups is 1. The third kappa shape index (κ3) is 2.82. The first-order chi connectivity index (χ1) is 8.86. The molecule has 1 amide bonds. The number of carbonyl (C=O) groups excluding carboxylic acids is 1. The van der Waals surface area contributed by atoms with Crippen LogP contribution in [0.1, 0.15) is 33.3 Å². The van der Waals surface area contributed by atoms with Gasteiger partial charge in [0, 0.05) is 6.54 Å². The van der Waals surface area contributed by atoms with Gasteiger partial charge in [-0.25, -0.2) is 0 Å². The topological polar surface area (TPSA) is 47.6 Å². The van der Waals surface area contributed by atoms with Gasteiger partial charge in [0.1, 0.15) is 0 Å². The molecule has 19 heavy (non-hydrogen) atoms. The van der Waals surface area contributed by atoms with Gasteiger partial charge < -0.3 is 14.6 Å². The van der Waals surface area contributed by atoms with E-state index in [1.54, 1.807) is 0 Å². The molecule has 5 heteroatoms. The molecule has 0 spiro atoms. The lowest BCUT2D eigenvalue weighted by Crippen LogP contribution is -2.41. The van der Waals surface area contributed by atoms with Gasteiger partial charge in [0.25, 0.3) is 0 Å². The van der Waals surface area contributed by atoms with Crippen LogP contribution in [0.25, 0.3) is 0 Å². The van der Waals surface area contributed by atoms with Crippen molar-refractivity contribution in [3.05, 3.63) is 29.8 Å². The van der Waals surface area contributed by atoms with Crippen molar-refractivity contribution >= 4 is 19.0 Å². The van der Waals surface area contributed by atoms with Gasteiger partial charge in [-0.05, 0) is 38.7 Å². The van der Waals surface area contributed by atoms with Crippen LogP contribution in [0.15, 0.2) is 24.3 Å². The number of rotatable bonds is 4. The second kappa shape index (κ2) is 4.98. The Kier molecular flexibility index (Phi) is 3.70. The highest BCUT2D eigenvalue weighted by Gasteiger charge is 2.51. The Morgan fingerprint density at radius 2 is 1.84 bits per heavy atom. The van der Waals surface area contributed by atoms with Crippen molar-refractivity contribution in [2.45, 2.75) is 45.4 Å². The van der Waals surface area contributed by atoms with Gasteiger partial charge in [-0.15, -0.1) is 0 Å². The molecule has 2 rings (SSSR count). The minimum Gasteiger partial charge on any atom is -0.399 e. The van der Waals surface area contributed by atoms with Crippen molar-refractivity contribution in [2.75, 3.05) is 0 Å². The van der Waals surface area contributed by atoms with E-state index in [9.17, 15) is 4.79 Å². The minimum absolute atomic E-state index is 0.339. The van der Waals surface area contributed by atoms with Crippen LogP contribution in [-0.2, 0) is 20.6 Å². The Labute approximate surface area is 114 Å². The van der Waals surface area contributed by atoms with E-state index >= 15 is 0 Å². The zero-order valence-corrected chi connectivity index (χ0v) is 11.9. The average molecular weight is 261 g/mol. The van der Waals surface area contributed by atoms with Crippen LogP contribution in [0.2, 0.25) is 0 Å². The second-order valence-corrected chi connectivity index (χ2v) is 5.83. The molecular formula is C14H20BNO3.